The molecule has 1 N–H and O–H groups in total. The molecule has 0 radical (unpaired) electrons. The molecule has 2 atom stereocenters. The molecule has 11 heteroatoms. The van der Waals surface area contributed by atoms with E-state index in [1.165, 1.54) is 7.11 Å². The van der Waals surface area contributed by atoms with Crippen molar-refractivity contribution < 1.29 is 27.6 Å². The van der Waals surface area contributed by atoms with Crippen molar-refractivity contribution in [1.82, 2.24) is 19.9 Å². The highest BCUT2D eigenvalue weighted by molar-refractivity contribution is 7.91. The number of piperazine rings is 1. The number of carboxylic acids is 1. The Balaban J connectivity index is 1.70. The Hall–Kier alpha value is -1.56. The predicted octanol–water partition coefficient (Wildman–Crippen LogP) is -1.03. The maximum Gasteiger partial charge on any atom is 0.304 e. The van der Waals surface area contributed by atoms with Gasteiger partial charge >= 0.3 is 5.97 Å². The first-order chi connectivity index (χ1) is 11.9. The van der Waals surface area contributed by atoms with Crippen LogP contribution in [-0.2, 0) is 32.5 Å². The number of methoxy groups -OCH3 is 1. The smallest absolute Gasteiger partial charge is 0.304 e. The van der Waals surface area contributed by atoms with Gasteiger partial charge in [-0.25, -0.2) is 8.42 Å². The van der Waals surface area contributed by atoms with Crippen molar-refractivity contribution in [2.45, 2.75) is 31.7 Å². The van der Waals surface area contributed by atoms with Crippen molar-refractivity contribution in [2.75, 3.05) is 38.2 Å². The van der Waals surface area contributed by atoms with Crippen molar-refractivity contribution in [3.63, 3.8) is 0 Å². The largest absolute Gasteiger partial charge is 0.481 e. The number of rotatable bonds is 7. The summed E-state index contributed by atoms with van der Waals surface area (Å²) in [5.74, 6) is 0.137. The zero-order chi connectivity index (χ0) is 18.0. The minimum atomic E-state index is -3.14. The lowest BCUT2D eigenvalue weighted by molar-refractivity contribution is -0.137. The van der Waals surface area contributed by atoms with Gasteiger partial charge in [-0.1, -0.05) is 5.16 Å². The fraction of sp³-hybridized carbons (Fsp3) is 0.786. The standard InChI is InChI=1S/C14H22N4O6S/c1-23-7-13-15-12(16-24-13)6-18-5-4-17(3-2-14(19)20)10-8-25(21,22)9-11(10)18/h10-11H,2-9H2,1H3,(H,19,20)/t10-,11+/m1/s1. The Morgan fingerprint density at radius 2 is 2.00 bits per heavy atom. The molecule has 0 spiro atoms. The molecule has 2 aliphatic rings. The van der Waals surface area contributed by atoms with E-state index in [2.05, 4.69) is 10.1 Å². The number of sulfone groups is 1. The number of carbonyl (C=O) groups is 1. The first kappa shape index (κ1) is 18.2. The summed E-state index contributed by atoms with van der Waals surface area (Å²) < 4.78 is 34.3. The molecule has 1 aromatic heterocycles. The zero-order valence-corrected chi connectivity index (χ0v) is 14.8. The lowest BCUT2D eigenvalue weighted by atomic mass is 10.0. The quantitative estimate of drug-likeness (QED) is 0.633. The van der Waals surface area contributed by atoms with Crippen LogP contribution in [0.3, 0.4) is 0 Å². The first-order valence-corrected chi connectivity index (χ1v) is 9.91. The molecule has 10 nitrogen and oxygen atoms in total. The van der Waals surface area contributed by atoms with E-state index in [1.807, 2.05) is 9.80 Å². The number of ether oxygens (including phenoxy) is 1. The molecule has 0 amide bonds. The lowest BCUT2D eigenvalue weighted by Crippen LogP contribution is -2.59. The van der Waals surface area contributed by atoms with Crippen LogP contribution in [0.15, 0.2) is 4.52 Å². The normalized spacial score (nSPS) is 26.6. The van der Waals surface area contributed by atoms with Gasteiger partial charge in [-0.2, -0.15) is 4.98 Å². The molecule has 0 bridgehead atoms. The maximum atomic E-state index is 12.1. The van der Waals surface area contributed by atoms with E-state index in [-0.39, 0.29) is 36.6 Å². The van der Waals surface area contributed by atoms with Gasteiger partial charge in [0, 0.05) is 38.8 Å². The number of carboxylic acid groups (broad SMARTS) is 1. The number of fused-ring (bicyclic) bond motifs is 1. The third-order valence-electron chi connectivity index (χ3n) is 4.64. The van der Waals surface area contributed by atoms with Crippen LogP contribution in [0, 0.1) is 0 Å². The molecule has 0 aliphatic carbocycles. The van der Waals surface area contributed by atoms with Crippen molar-refractivity contribution in [3.8, 4) is 0 Å². The summed E-state index contributed by atoms with van der Waals surface area (Å²) in [6.07, 6.45) is 0.00842. The summed E-state index contributed by atoms with van der Waals surface area (Å²) in [6, 6.07) is -0.375. The minimum absolute atomic E-state index is 0.00842. The second-order valence-electron chi connectivity index (χ2n) is 6.40. The Labute approximate surface area is 145 Å². The molecular formula is C14H22N4O6S. The van der Waals surface area contributed by atoms with Crippen molar-refractivity contribution >= 4 is 15.8 Å². The van der Waals surface area contributed by atoms with Gasteiger partial charge in [0.15, 0.2) is 15.7 Å². The Morgan fingerprint density at radius 1 is 1.32 bits per heavy atom. The zero-order valence-electron chi connectivity index (χ0n) is 14.0. The molecule has 1 aromatic rings. The summed E-state index contributed by atoms with van der Waals surface area (Å²) in [5, 5.41) is 12.8. The van der Waals surface area contributed by atoms with Gasteiger partial charge in [0.2, 0.25) is 0 Å². The molecule has 0 unspecified atom stereocenters. The highest BCUT2D eigenvalue weighted by Crippen LogP contribution is 2.28. The second kappa shape index (κ2) is 7.36. The van der Waals surface area contributed by atoms with Crippen LogP contribution in [-0.4, -0.2) is 89.8 Å². The second-order valence-corrected chi connectivity index (χ2v) is 8.55. The van der Waals surface area contributed by atoms with E-state index in [0.717, 1.165) is 0 Å². The molecule has 2 fully saturated rings. The van der Waals surface area contributed by atoms with Gasteiger partial charge in [-0.15, -0.1) is 0 Å². The molecule has 2 saturated heterocycles. The van der Waals surface area contributed by atoms with Crippen LogP contribution in [0.5, 0.6) is 0 Å². The molecule has 3 heterocycles. The number of aromatic nitrogens is 2. The summed E-state index contributed by atoms with van der Waals surface area (Å²) in [7, 11) is -1.61. The Bertz CT molecular complexity index is 721. The fourth-order valence-corrected chi connectivity index (χ4v) is 5.57. The highest BCUT2D eigenvalue weighted by Gasteiger charge is 2.46. The molecule has 0 saturated carbocycles. The third-order valence-corrected chi connectivity index (χ3v) is 6.34. The monoisotopic (exact) mass is 374 g/mol. The van der Waals surface area contributed by atoms with E-state index in [0.29, 0.717) is 37.9 Å². The predicted molar refractivity (Wildman–Crippen MR) is 85.5 cm³/mol. The Morgan fingerprint density at radius 3 is 2.68 bits per heavy atom. The molecule has 25 heavy (non-hydrogen) atoms. The summed E-state index contributed by atoms with van der Waals surface area (Å²) >= 11 is 0. The van der Waals surface area contributed by atoms with Gasteiger partial charge in [-0.3, -0.25) is 14.6 Å². The summed E-state index contributed by atoms with van der Waals surface area (Å²) in [6.45, 7) is 2.24. The molecule has 3 rings (SSSR count). The third kappa shape index (κ3) is 4.35. The van der Waals surface area contributed by atoms with Gasteiger partial charge < -0.3 is 14.4 Å². The summed E-state index contributed by atoms with van der Waals surface area (Å²) in [4.78, 5) is 19.1. The molecule has 2 aliphatic heterocycles. The van der Waals surface area contributed by atoms with Crippen LogP contribution in [0.4, 0.5) is 0 Å². The lowest BCUT2D eigenvalue weighted by Gasteiger charge is -2.43. The van der Waals surface area contributed by atoms with Gasteiger partial charge in [-0.05, 0) is 0 Å². The highest BCUT2D eigenvalue weighted by atomic mass is 32.2. The first-order valence-electron chi connectivity index (χ1n) is 8.08. The summed E-state index contributed by atoms with van der Waals surface area (Å²) in [5.41, 5.74) is 0. The van der Waals surface area contributed by atoms with Crippen LogP contribution in [0.1, 0.15) is 18.1 Å². The molecule has 140 valence electrons. The maximum absolute atomic E-state index is 12.1. The van der Waals surface area contributed by atoms with Crippen molar-refractivity contribution in [2.24, 2.45) is 0 Å². The SMILES string of the molecule is COCc1nc(CN2CCN(CCC(=O)O)[C@@H]3CS(=O)(=O)C[C@@H]32)no1. The van der Waals surface area contributed by atoms with E-state index in [4.69, 9.17) is 14.4 Å². The average Bonchev–Trinajstić information content (AvgIpc) is 3.10. The van der Waals surface area contributed by atoms with Crippen molar-refractivity contribution in [1.29, 1.82) is 0 Å². The number of nitrogens with zero attached hydrogens (tertiary/aromatic N) is 4. The van der Waals surface area contributed by atoms with E-state index in [1.54, 1.807) is 0 Å². The number of aliphatic carboxylic acids is 1. The molecule has 0 aromatic carbocycles. The number of hydrogen-bond acceptors (Lipinski definition) is 9. The fourth-order valence-electron chi connectivity index (χ4n) is 3.53. The van der Waals surface area contributed by atoms with E-state index < -0.39 is 15.8 Å². The topological polar surface area (TPSA) is 126 Å². The van der Waals surface area contributed by atoms with Crippen LogP contribution >= 0.6 is 0 Å². The van der Waals surface area contributed by atoms with Gasteiger partial charge in [0.05, 0.1) is 24.5 Å². The van der Waals surface area contributed by atoms with Crippen molar-refractivity contribution in [3.05, 3.63) is 11.7 Å². The van der Waals surface area contributed by atoms with Crippen LogP contribution in [0.2, 0.25) is 0 Å². The van der Waals surface area contributed by atoms with E-state index in [9.17, 15) is 13.2 Å². The minimum Gasteiger partial charge on any atom is -0.481 e. The Kier molecular flexibility index (Phi) is 5.37. The molecular weight excluding hydrogens is 352 g/mol. The van der Waals surface area contributed by atoms with E-state index >= 15 is 0 Å². The number of hydrogen-bond donors (Lipinski definition) is 1. The average molecular weight is 374 g/mol. The van der Waals surface area contributed by atoms with Crippen LogP contribution < -0.4 is 0 Å². The van der Waals surface area contributed by atoms with Crippen LogP contribution in [0.25, 0.3) is 0 Å². The van der Waals surface area contributed by atoms with Gasteiger partial charge in [0.25, 0.3) is 5.89 Å². The van der Waals surface area contributed by atoms with Gasteiger partial charge in [0.1, 0.15) is 6.61 Å².